The molecule has 1 aromatic rings. The highest BCUT2D eigenvalue weighted by atomic mass is 19.1. The van der Waals surface area contributed by atoms with Crippen LogP contribution in [0.15, 0.2) is 18.2 Å². The minimum Gasteiger partial charge on any atom is -0.497 e. The highest BCUT2D eigenvalue weighted by Crippen LogP contribution is 2.32. The molecule has 5 nitrogen and oxygen atoms in total. The zero-order chi connectivity index (χ0) is 19.4. The number of hydrogen-bond donors (Lipinski definition) is 1. The van der Waals surface area contributed by atoms with Crippen LogP contribution >= 0.6 is 0 Å². The monoisotopic (exact) mass is 376 g/mol. The van der Waals surface area contributed by atoms with Crippen LogP contribution in [0.4, 0.5) is 4.39 Å². The molecule has 0 saturated carbocycles. The summed E-state index contributed by atoms with van der Waals surface area (Å²) in [5, 5.41) is 3.03. The molecule has 3 rings (SSSR count). The Labute approximate surface area is 160 Å². The molecular formula is C21H29FN2O3. The van der Waals surface area contributed by atoms with Crippen LogP contribution in [0.1, 0.15) is 57.4 Å². The van der Waals surface area contributed by atoms with E-state index in [1.165, 1.54) is 19.6 Å². The number of nitrogens with one attached hydrogen (secondary N) is 1. The van der Waals surface area contributed by atoms with Crippen LogP contribution in [0, 0.1) is 5.82 Å². The number of carbonyl (C=O) groups is 2. The Morgan fingerprint density at radius 2 is 2.22 bits per heavy atom. The van der Waals surface area contributed by atoms with Gasteiger partial charge in [-0.25, -0.2) is 4.39 Å². The van der Waals surface area contributed by atoms with Crippen molar-refractivity contribution >= 4 is 11.8 Å². The minimum atomic E-state index is -0.554. The van der Waals surface area contributed by atoms with Gasteiger partial charge in [-0.3, -0.25) is 9.59 Å². The van der Waals surface area contributed by atoms with Crippen LogP contribution < -0.4 is 10.1 Å². The van der Waals surface area contributed by atoms with Gasteiger partial charge in [-0.1, -0.05) is 6.07 Å². The van der Waals surface area contributed by atoms with E-state index in [4.69, 9.17) is 4.74 Å². The fraction of sp³-hybridized carbons (Fsp3) is 0.619. The van der Waals surface area contributed by atoms with Crippen molar-refractivity contribution in [3.63, 3.8) is 0 Å². The second kappa shape index (κ2) is 8.28. The van der Waals surface area contributed by atoms with Gasteiger partial charge in [0.15, 0.2) is 0 Å². The topological polar surface area (TPSA) is 58.6 Å². The largest absolute Gasteiger partial charge is 0.497 e. The van der Waals surface area contributed by atoms with Crippen molar-refractivity contribution < 1.29 is 18.7 Å². The molecule has 2 amide bonds. The summed E-state index contributed by atoms with van der Waals surface area (Å²) in [6.45, 7) is 2.91. The molecule has 0 aromatic heterocycles. The van der Waals surface area contributed by atoms with E-state index in [9.17, 15) is 14.0 Å². The van der Waals surface area contributed by atoms with Gasteiger partial charge in [0.05, 0.1) is 7.11 Å². The van der Waals surface area contributed by atoms with Crippen molar-refractivity contribution in [3.05, 3.63) is 29.6 Å². The standard InChI is InChI=1S/C21H29FN2O3/c1-15-5-3-4-12-24(15)20(26)9-11-21(10-8-19(25)23-21)14-16-6-7-17(27-2)13-18(16)22/h6-7,13,15H,3-5,8-12,14H2,1-2H3,(H,23,25). The summed E-state index contributed by atoms with van der Waals surface area (Å²) in [5.41, 5.74) is -0.0157. The molecule has 2 heterocycles. The van der Waals surface area contributed by atoms with Crippen LogP contribution in [-0.2, 0) is 16.0 Å². The average Bonchev–Trinajstić information content (AvgIpc) is 3.03. The molecule has 0 bridgehead atoms. The van der Waals surface area contributed by atoms with E-state index in [0.29, 0.717) is 43.4 Å². The molecule has 1 N–H and O–H groups in total. The molecule has 2 atom stereocenters. The van der Waals surface area contributed by atoms with Crippen molar-refractivity contribution in [3.8, 4) is 5.75 Å². The van der Waals surface area contributed by atoms with E-state index in [-0.39, 0.29) is 23.7 Å². The molecule has 6 heteroatoms. The quantitative estimate of drug-likeness (QED) is 0.829. The minimum absolute atomic E-state index is 0.0253. The summed E-state index contributed by atoms with van der Waals surface area (Å²) >= 11 is 0. The number of rotatable bonds is 6. The van der Waals surface area contributed by atoms with Crippen molar-refractivity contribution in [2.45, 2.75) is 69.9 Å². The highest BCUT2D eigenvalue weighted by molar-refractivity contribution is 5.80. The number of carbonyl (C=O) groups excluding carboxylic acids is 2. The summed E-state index contributed by atoms with van der Waals surface area (Å²) in [7, 11) is 1.50. The Kier molecular flexibility index (Phi) is 6.02. The molecule has 1 aromatic carbocycles. The number of likely N-dealkylation sites (tertiary alicyclic amines) is 1. The lowest BCUT2D eigenvalue weighted by molar-refractivity contribution is -0.135. The maximum Gasteiger partial charge on any atom is 0.222 e. The molecule has 2 fully saturated rings. The molecule has 0 spiro atoms. The molecule has 0 aliphatic carbocycles. The Morgan fingerprint density at radius 3 is 2.85 bits per heavy atom. The molecule has 2 unspecified atom stereocenters. The first-order chi connectivity index (χ1) is 12.9. The van der Waals surface area contributed by atoms with Crippen LogP contribution in [-0.4, -0.2) is 41.9 Å². The third-order valence-electron chi connectivity index (χ3n) is 5.97. The predicted molar refractivity (Wildman–Crippen MR) is 101 cm³/mol. The maximum absolute atomic E-state index is 14.4. The summed E-state index contributed by atoms with van der Waals surface area (Å²) in [6, 6.07) is 5.07. The first-order valence-corrected chi connectivity index (χ1v) is 9.85. The smallest absolute Gasteiger partial charge is 0.222 e. The number of nitrogens with zero attached hydrogens (tertiary/aromatic N) is 1. The van der Waals surface area contributed by atoms with Gasteiger partial charge in [-0.2, -0.15) is 0 Å². The Balaban J connectivity index is 1.70. The first kappa shape index (κ1) is 19.6. The molecule has 27 heavy (non-hydrogen) atoms. The average molecular weight is 376 g/mol. The van der Waals surface area contributed by atoms with Gasteiger partial charge in [-0.05, 0) is 57.1 Å². The van der Waals surface area contributed by atoms with Crippen molar-refractivity contribution in [2.75, 3.05) is 13.7 Å². The Bertz CT molecular complexity index is 709. The summed E-state index contributed by atoms with van der Waals surface area (Å²) in [6.07, 6.45) is 5.61. The fourth-order valence-electron chi connectivity index (χ4n) is 4.30. The number of ether oxygens (including phenoxy) is 1. The van der Waals surface area contributed by atoms with Gasteiger partial charge < -0.3 is 15.0 Å². The Hall–Kier alpha value is -2.11. The normalized spacial score (nSPS) is 25.4. The van der Waals surface area contributed by atoms with Gasteiger partial charge in [0.2, 0.25) is 11.8 Å². The number of methoxy groups -OCH3 is 1. The molecule has 148 valence electrons. The number of piperidine rings is 1. The van der Waals surface area contributed by atoms with Gasteiger partial charge >= 0.3 is 0 Å². The Morgan fingerprint density at radius 1 is 1.41 bits per heavy atom. The summed E-state index contributed by atoms with van der Waals surface area (Å²) < 4.78 is 19.5. The number of benzene rings is 1. The SMILES string of the molecule is COc1ccc(CC2(CCC(=O)N3CCCCC3C)CCC(=O)N2)c(F)c1. The van der Waals surface area contributed by atoms with E-state index in [2.05, 4.69) is 12.2 Å². The third-order valence-corrected chi connectivity index (χ3v) is 5.97. The van der Waals surface area contributed by atoms with Crippen LogP contribution in [0.3, 0.4) is 0 Å². The molecule has 2 aliphatic rings. The van der Waals surface area contributed by atoms with Gasteiger partial charge in [-0.15, -0.1) is 0 Å². The number of amides is 2. The zero-order valence-electron chi connectivity index (χ0n) is 16.2. The molecule has 2 saturated heterocycles. The van der Waals surface area contributed by atoms with Gasteiger partial charge in [0.25, 0.3) is 0 Å². The van der Waals surface area contributed by atoms with Gasteiger partial charge in [0, 0.05) is 37.0 Å². The summed E-state index contributed by atoms with van der Waals surface area (Å²) in [5.74, 6) is 0.238. The lowest BCUT2D eigenvalue weighted by atomic mass is 9.84. The molecular weight excluding hydrogens is 347 g/mol. The van der Waals surface area contributed by atoms with Crippen molar-refractivity contribution in [2.24, 2.45) is 0 Å². The van der Waals surface area contributed by atoms with Crippen molar-refractivity contribution in [1.29, 1.82) is 0 Å². The van der Waals surface area contributed by atoms with E-state index < -0.39 is 5.54 Å². The van der Waals surface area contributed by atoms with Gasteiger partial charge in [0.1, 0.15) is 11.6 Å². The maximum atomic E-state index is 14.4. The van der Waals surface area contributed by atoms with E-state index in [1.54, 1.807) is 12.1 Å². The number of halogens is 1. The van der Waals surface area contributed by atoms with Crippen LogP contribution in [0.2, 0.25) is 0 Å². The number of hydrogen-bond acceptors (Lipinski definition) is 3. The van der Waals surface area contributed by atoms with E-state index in [1.807, 2.05) is 4.90 Å². The lowest BCUT2D eigenvalue weighted by Gasteiger charge is -2.35. The highest BCUT2D eigenvalue weighted by Gasteiger charge is 2.39. The van der Waals surface area contributed by atoms with E-state index in [0.717, 1.165) is 19.4 Å². The lowest BCUT2D eigenvalue weighted by Crippen LogP contribution is -2.46. The fourth-order valence-corrected chi connectivity index (χ4v) is 4.30. The van der Waals surface area contributed by atoms with Crippen molar-refractivity contribution in [1.82, 2.24) is 10.2 Å². The summed E-state index contributed by atoms with van der Waals surface area (Å²) in [4.78, 5) is 26.6. The first-order valence-electron chi connectivity index (χ1n) is 9.85. The second-order valence-corrected chi connectivity index (χ2v) is 7.89. The molecule has 0 radical (unpaired) electrons. The second-order valence-electron chi connectivity index (χ2n) is 7.89. The van der Waals surface area contributed by atoms with Crippen LogP contribution in [0.5, 0.6) is 5.75 Å². The predicted octanol–water partition coefficient (Wildman–Crippen LogP) is 3.21. The zero-order valence-corrected chi connectivity index (χ0v) is 16.2. The third kappa shape index (κ3) is 4.60. The van der Waals surface area contributed by atoms with E-state index >= 15 is 0 Å². The molecule has 2 aliphatic heterocycles. The van der Waals surface area contributed by atoms with Crippen LogP contribution in [0.25, 0.3) is 0 Å².